The first kappa shape index (κ1) is 36.3. The van der Waals surface area contributed by atoms with Crippen molar-refractivity contribution in [2.75, 3.05) is 47.0 Å². The Balaban J connectivity index is 1.46. The third kappa shape index (κ3) is 6.59. The Bertz CT molecular complexity index is 2240. The molecule has 0 saturated heterocycles. The Labute approximate surface area is 310 Å². The predicted octanol–water partition coefficient (Wildman–Crippen LogP) is 6.51. The zero-order valence-electron chi connectivity index (χ0n) is 30.3. The minimum Gasteiger partial charge on any atom is -0.490 e. The molecule has 14 heteroatoms. The molecular weight excluding hydrogens is 701 g/mol. The number of pyridine rings is 2. The summed E-state index contributed by atoms with van der Waals surface area (Å²) in [5.41, 5.74) is 5.40. The molecule has 3 atom stereocenters. The van der Waals surface area contributed by atoms with Crippen molar-refractivity contribution in [1.82, 2.24) is 34.9 Å². The lowest BCUT2D eigenvalue weighted by atomic mass is 9.93. The summed E-state index contributed by atoms with van der Waals surface area (Å²) >= 11 is 1.45. The van der Waals surface area contributed by atoms with Gasteiger partial charge in [-0.2, -0.15) is 5.10 Å². The Hall–Kier alpha value is -5.05. The number of likely N-dealkylation sites (N-methyl/N-ethyl adjacent to an activating group) is 1. The van der Waals surface area contributed by atoms with Crippen LogP contribution in [0.4, 0.5) is 8.78 Å². The molecule has 7 rings (SSSR count). The highest BCUT2D eigenvalue weighted by Gasteiger charge is 2.34. The smallest absolute Gasteiger partial charge is 0.246 e. The molecule has 2 aliphatic heterocycles. The van der Waals surface area contributed by atoms with Gasteiger partial charge in [-0.25, -0.2) is 13.8 Å². The van der Waals surface area contributed by atoms with Crippen molar-refractivity contribution in [3.63, 3.8) is 0 Å². The van der Waals surface area contributed by atoms with E-state index in [1.165, 1.54) is 30.6 Å². The summed E-state index contributed by atoms with van der Waals surface area (Å²) in [7, 11) is 3.15. The summed E-state index contributed by atoms with van der Waals surface area (Å²) in [6.07, 6.45) is 3.81. The summed E-state index contributed by atoms with van der Waals surface area (Å²) in [4.78, 5) is 39.2. The van der Waals surface area contributed by atoms with E-state index in [2.05, 4.69) is 29.8 Å². The number of rotatable bonds is 10. The average molecular weight is 742 g/mol. The molecule has 6 heterocycles. The van der Waals surface area contributed by atoms with Gasteiger partial charge in [0.05, 0.1) is 46.9 Å². The van der Waals surface area contributed by atoms with Crippen molar-refractivity contribution in [1.29, 1.82) is 0 Å². The van der Waals surface area contributed by atoms with Gasteiger partial charge in [-0.3, -0.25) is 24.2 Å². The van der Waals surface area contributed by atoms with Crippen molar-refractivity contribution in [3.05, 3.63) is 83.1 Å². The molecule has 1 aromatic carbocycles. The van der Waals surface area contributed by atoms with Crippen molar-refractivity contribution in [2.45, 2.75) is 45.3 Å². The highest BCUT2D eigenvalue weighted by atomic mass is 32.1. The van der Waals surface area contributed by atoms with E-state index in [4.69, 9.17) is 24.5 Å². The summed E-state index contributed by atoms with van der Waals surface area (Å²) in [5, 5.41) is 10.3. The maximum absolute atomic E-state index is 16.3. The van der Waals surface area contributed by atoms with Gasteiger partial charge in [-0.05, 0) is 56.0 Å². The molecule has 276 valence electrons. The lowest BCUT2D eigenvalue weighted by Gasteiger charge is -2.36. The van der Waals surface area contributed by atoms with Crippen molar-refractivity contribution in [2.24, 2.45) is 0 Å². The van der Waals surface area contributed by atoms with Gasteiger partial charge in [0.2, 0.25) is 11.8 Å². The number of carbonyl (C=O) groups excluding carboxylic acids is 2. The van der Waals surface area contributed by atoms with Crippen molar-refractivity contribution >= 4 is 33.2 Å². The van der Waals surface area contributed by atoms with Gasteiger partial charge in [0.1, 0.15) is 35.4 Å². The molecule has 4 aromatic heterocycles. The number of nitrogens with zero attached hydrogens (tertiary/aromatic N) is 6. The Morgan fingerprint density at radius 1 is 1.09 bits per heavy atom. The molecule has 0 saturated carbocycles. The normalized spacial score (nSPS) is 18.5. The fourth-order valence-corrected chi connectivity index (χ4v) is 8.32. The fraction of sp³-hybridized carbons (Fsp3) is 0.359. The molecule has 0 radical (unpaired) electrons. The highest BCUT2D eigenvalue weighted by Crippen LogP contribution is 2.48. The number of methoxy groups -OCH3 is 1. The van der Waals surface area contributed by atoms with E-state index in [9.17, 15) is 14.0 Å². The van der Waals surface area contributed by atoms with Gasteiger partial charge in [-0.15, -0.1) is 11.3 Å². The molecule has 11 nitrogen and oxygen atoms in total. The number of halogens is 2. The molecule has 53 heavy (non-hydrogen) atoms. The predicted molar refractivity (Wildman–Crippen MR) is 200 cm³/mol. The summed E-state index contributed by atoms with van der Waals surface area (Å²) in [5.74, 6) is -1.83. The number of carbonyl (C=O) groups is 2. The van der Waals surface area contributed by atoms with Crippen LogP contribution >= 0.6 is 11.3 Å². The van der Waals surface area contributed by atoms with Gasteiger partial charge in [0.15, 0.2) is 0 Å². The number of amides is 2. The monoisotopic (exact) mass is 741 g/mol. The Morgan fingerprint density at radius 2 is 1.91 bits per heavy atom. The number of thiophene rings is 1. The second-order valence-corrected chi connectivity index (χ2v) is 14.3. The summed E-state index contributed by atoms with van der Waals surface area (Å²) < 4.78 is 44.9. The number of ether oxygens (including phenoxy) is 2. The molecule has 0 unspecified atom stereocenters. The lowest BCUT2D eigenvalue weighted by Crippen LogP contribution is -2.42. The molecule has 1 N–H and O–H groups in total. The largest absolute Gasteiger partial charge is 0.490 e. The van der Waals surface area contributed by atoms with E-state index in [0.717, 1.165) is 33.3 Å². The van der Waals surface area contributed by atoms with Crippen LogP contribution in [0.5, 0.6) is 5.75 Å². The van der Waals surface area contributed by atoms with E-state index in [-0.39, 0.29) is 61.0 Å². The molecule has 2 aliphatic rings. The Morgan fingerprint density at radius 3 is 2.66 bits per heavy atom. The van der Waals surface area contributed by atoms with Crippen LogP contribution in [0.1, 0.15) is 55.8 Å². The third-order valence-corrected chi connectivity index (χ3v) is 11.1. The van der Waals surface area contributed by atoms with Crippen LogP contribution < -0.4 is 10.1 Å². The second-order valence-electron chi connectivity index (χ2n) is 13.4. The van der Waals surface area contributed by atoms with Crippen molar-refractivity contribution in [3.8, 4) is 39.5 Å². The van der Waals surface area contributed by atoms with Crippen LogP contribution in [0, 0.1) is 11.6 Å². The molecule has 2 amide bonds. The molecule has 0 aliphatic carbocycles. The maximum atomic E-state index is 16.3. The number of fused-ring (bicyclic) bond motifs is 3. The van der Waals surface area contributed by atoms with Crippen LogP contribution in [0.25, 0.3) is 43.9 Å². The van der Waals surface area contributed by atoms with Gasteiger partial charge in [-0.1, -0.05) is 6.58 Å². The van der Waals surface area contributed by atoms with E-state index in [0.29, 0.717) is 47.5 Å². The summed E-state index contributed by atoms with van der Waals surface area (Å²) in [6.45, 7) is 11.3. The van der Waals surface area contributed by atoms with Gasteiger partial charge < -0.3 is 19.7 Å². The standard InChI is InChI=1S/C39H41F2N7O4S/c1-7-34(50)47-19-21(2)48-31(23(47)4)17-30(45-48)38-35(36-28(41)15-25(40)16-32(36)52-12-11-51-6)26-9-13-53-39(26)37(44-38)24-14-27-22(3)46(20-33(49)42-5)10-8-29(27)43-18-24/h7,9,13-18,21-23H,1,8,10-12,19-20H2,2-6H3,(H,42,49)/t21-,22+,23+/m0/s1. The zero-order chi connectivity index (χ0) is 37.6. The highest BCUT2D eigenvalue weighted by molar-refractivity contribution is 7.17. The fourth-order valence-electron chi connectivity index (χ4n) is 7.41. The lowest BCUT2D eigenvalue weighted by molar-refractivity contribution is -0.129. The average Bonchev–Trinajstić information content (AvgIpc) is 3.83. The SMILES string of the molecule is C=CC(=O)N1C[C@H](C)n2nc(-c3nc(-c4cnc5c(c4)[C@@H](C)N(CC(=O)NC)CC5)c4sccc4c3-c3c(F)cc(F)cc3OCCOC)cc2[C@H]1C. The van der Waals surface area contributed by atoms with E-state index in [1.54, 1.807) is 11.9 Å². The van der Waals surface area contributed by atoms with E-state index < -0.39 is 11.6 Å². The number of hydrogen-bond donors (Lipinski definition) is 1. The Kier molecular flexibility index (Phi) is 10.1. The first-order chi connectivity index (χ1) is 25.5. The van der Waals surface area contributed by atoms with Crippen LogP contribution in [-0.2, 0) is 20.7 Å². The summed E-state index contributed by atoms with van der Waals surface area (Å²) in [6, 6.07) is 7.29. The second kappa shape index (κ2) is 14.8. The number of nitrogens with one attached hydrogen (secondary N) is 1. The minimum atomic E-state index is -0.810. The van der Waals surface area contributed by atoms with E-state index >= 15 is 4.39 Å². The van der Waals surface area contributed by atoms with Crippen molar-refractivity contribution < 1.29 is 27.8 Å². The van der Waals surface area contributed by atoms with Crippen LogP contribution in [-0.4, -0.2) is 88.4 Å². The van der Waals surface area contributed by atoms with Gasteiger partial charge in [0, 0.05) is 80.2 Å². The topological polar surface area (TPSA) is 115 Å². The maximum Gasteiger partial charge on any atom is 0.246 e. The van der Waals surface area contributed by atoms with Crippen LogP contribution in [0.2, 0.25) is 0 Å². The van der Waals surface area contributed by atoms with Gasteiger partial charge >= 0.3 is 0 Å². The van der Waals surface area contributed by atoms with Gasteiger partial charge in [0.25, 0.3) is 0 Å². The molecule has 0 fully saturated rings. The molecule has 0 bridgehead atoms. The first-order valence-corrected chi connectivity index (χ1v) is 18.4. The number of benzene rings is 1. The molecule has 0 spiro atoms. The van der Waals surface area contributed by atoms with Crippen LogP contribution in [0.3, 0.4) is 0 Å². The number of hydrogen-bond acceptors (Lipinski definition) is 9. The van der Waals surface area contributed by atoms with E-state index in [1.807, 2.05) is 42.2 Å². The molecular formula is C39H41F2N7O4S. The first-order valence-electron chi connectivity index (χ1n) is 17.5. The third-order valence-electron chi connectivity index (χ3n) is 10.2. The zero-order valence-corrected chi connectivity index (χ0v) is 31.1. The minimum absolute atomic E-state index is 0.0109. The van der Waals surface area contributed by atoms with Crippen LogP contribution in [0.15, 0.2) is 54.6 Å². The quantitative estimate of drug-likeness (QED) is 0.127. The number of aromatic nitrogens is 4. The molecule has 5 aromatic rings.